The molecule has 88 valence electrons. The van der Waals surface area contributed by atoms with Crippen LogP contribution in [0.1, 0.15) is 12.5 Å². The molecule has 4 heteroatoms. The van der Waals surface area contributed by atoms with Gasteiger partial charge >= 0.3 is 5.63 Å². The van der Waals surface area contributed by atoms with Crippen molar-refractivity contribution in [3.63, 3.8) is 0 Å². The van der Waals surface area contributed by atoms with E-state index < -0.39 is 5.63 Å². The van der Waals surface area contributed by atoms with Crippen LogP contribution in [0.25, 0.3) is 11.0 Å². The van der Waals surface area contributed by atoms with Gasteiger partial charge in [-0.1, -0.05) is 12.1 Å². The zero-order chi connectivity index (χ0) is 12.7. The maximum atomic E-state index is 11.9. The highest BCUT2D eigenvalue weighted by Gasteiger charge is 2.23. The molecule has 0 N–H and O–H groups in total. The SMILES string of the molecule is CC1=C(C#N)Cc2c(c3ccccc3oc2=O)O1. The number of ether oxygens (including phenoxy) is 1. The highest BCUT2D eigenvalue weighted by atomic mass is 16.5. The molecule has 0 fully saturated rings. The van der Waals surface area contributed by atoms with Crippen LogP contribution in [0.5, 0.6) is 5.75 Å². The average molecular weight is 239 g/mol. The first kappa shape index (κ1) is 10.6. The molecule has 0 unspecified atom stereocenters. The summed E-state index contributed by atoms with van der Waals surface area (Å²) in [6.07, 6.45) is 0.269. The summed E-state index contributed by atoms with van der Waals surface area (Å²) >= 11 is 0. The highest BCUT2D eigenvalue weighted by Crippen LogP contribution is 2.34. The zero-order valence-corrected chi connectivity index (χ0v) is 9.69. The van der Waals surface area contributed by atoms with Crippen LogP contribution in [0.4, 0.5) is 0 Å². The van der Waals surface area contributed by atoms with Crippen LogP contribution in [0, 0.1) is 11.3 Å². The summed E-state index contributed by atoms with van der Waals surface area (Å²) in [5, 5.41) is 9.72. The quantitative estimate of drug-likeness (QED) is 0.662. The van der Waals surface area contributed by atoms with Crippen LogP contribution < -0.4 is 10.4 Å². The third kappa shape index (κ3) is 1.41. The fourth-order valence-corrected chi connectivity index (χ4v) is 2.06. The first-order chi connectivity index (χ1) is 8.70. The van der Waals surface area contributed by atoms with E-state index in [4.69, 9.17) is 14.4 Å². The van der Waals surface area contributed by atoms with Gasteiger partial charge in [-0.15, -0.1) is 0 Å². The molecular formula is C14H9NO3. The Bertz CT molecular complexity index is 778. The van der Waals surface area contributed by atoms with Crippen LogP contribution in [-0.2, 0) is 6.42 Å². The minimum atomic E-state index is -0.441. The molecule has 2 heterocycles. The molecule has 1 aliphatic rings. The summed E-state index contributed by atoms with van der Waals surface area (Å²) in [7, 11) is 0. The molecule has 0 spiro atoms. The van der Waals surface area contributed by atoms with Crippen molar-refractivity contribution in [3.8, 4) is 11.8 Å². The molecule has 1 aromatic carbocycles. The summed E-state index contributed by atoms with van der Waals surface area (Å²) in [6, 6.07) is 9.25. The molecule has 3 rings (SSSR count). The predicted octanol–water partition coefficient (Wildman–Crippen LogP) is 2.53. The Labute approximate surface area is 103 Å². The summed E-state index contributed by atoms with van der Waals surface area (Å²) in [4.78, 5) is 11.9. The van der Waals surface area contributed by atoms with E-state index in [0.29, 0.717) is 28.2 Å². The van der Waals surface area contributed by atoms with Crippen LogP contribution >= 0.6 is 0 Å². The lowest BCUT2D eigenvalue weighted by Crippen LogP contribution is -2.16. The number of benzene rings is 1. The van der Waals surface area contributed by atoms with E-state index in [1.54, 1.807) is 19.1 Å². The molecule has 0 saturated carbocycles. The number of nitrogens with zero attached hydrogens (tertiary/aromatic N) is 1. The number of hydrogen-bond donors (Lipinski definition) is 0. The van der Waals surface area contributed by atoms with Gasteiger partial charge in [0.25, 0.3) is 0 Å². The Morgan fingerprint density at radius 1 is 1.33 bits per heavy atom. The molecular weight excluding hydrogens is 230 g/mol. The second kappa shape index (κ2) is 3.74. The second-order valence-corrected chi connectivity index (χ2v) is 4.12. The number of para-hydroxylation sites is 1. The Morgan fingerprint density at radius 2 is 2.11 bits per heavy atom. The zero-order valence-electron chi connectivity index (χ0n) is 9.69. The molecule has 0 amide bonds. The molecule has 18 heavy (non-hydrogen) atoms. The number of allylic oxidation sites excluding steroid dienone is 2. The largest absolute Gasteiger partial charge is 0.460 e. The van der Waals surface area contributed by atoms with Gasteiger partial charge in [-0.2, -0.15) is 5.26 Å². The van der Waals surface area contributed by atoms with Gasteiger partial charge in [-0.25, -0.2) is 4.79 Å². The molecule has 2 aromatic rings. The van der Waals surface area contributed by atoms with Gasteiger partial charge in [0, 0.05) is 6.42 Å². The van der Waals surface area contributed by atoms with Crippen molar-refractivity contribution in [2.75, 3.05) is 0 Å². The van der Waals surface area contributed by atoms with Crippen LogP contribution in [0.2, 0.25) is 0 Å². The van der Waals surface area contributed by atoms with Gasteiger partial charge in [0.05, 0.1) is 22.6 Å². The van der Waals surface area contributed by atoms with Crippen molar-refractivity contribution >= 4 is 11.0 Å². The molecule has 0 saturated heterocycles. The maximum Gasteiger partial charge on any atom is 0.343 e. The minimum absolute atomic E-state index is 0.269. The van der Waals surface area contributed by atoms with Crippen molar-refractivity contribution in [1.82, 2.24) is 0 Å². The molecule has 4 nitrogen and oxygen atoms in total. The van der Waals surface area contributed by atoms with Crippen molar-refractivity contribution in [3.05, 3.63) is 51.6 Å². The van der Waals surface area contributed by atoms with Gasteiger partial charge in [0.1, 0.15) is 17.1 Å². The maximum absolute atomic E-state index is 11.9. The number of fused-ring (bicyclic) bond motifs is 3. The highest BCUT2D eigenvalue weighted by molar-refractivity contribution is 5.85. The van der Waals surface area contributed by atoms with E-state index in [0.717, 1.165) is 5.39 Å². The summed E-state index contributed by atoms with van der Waals surface area (Å²) in [6.45, 7) is 1.73. The summed E-state index contributed by atoms with van der Waals surface area (Å²) < 4.78 is 10.8. The Balaban J connectivity index is 2.35. The first-order valence-corrected chi connectivity index (χ1v) is 5.53. The van der Waals surface area contributed by atoms with Gasteiger partial charge < -0.3 is 9.15 Å². The lowest BCUT2D eigenvalue weighted by Gasteiger charge is -2.18. The summed E-state index contributed by atoms with van der Waals surface area (Å²) in [5.41, 5.74) is 0.930. The molecule has 0 aliphatic carbocycles. The van der Waals surface area contributed by atoms with Crippen molar-refractivity contribution in [2.24, 2.45) is 0 Å². The van der Waals surface area contributed by atoms with Crippen molar-refractivity contribution in [2.45, 2.75) is 13.3 Å². The smallest absolute Gasteiger partial charge is 0.343 e. The van der Waals surface area contributed by atoms with Gasteiger partial charge in [0.2, 0.25) is 0 Å². The van der Waals surface area contributed by atoms with Crippen molar-refractivity contribution in [1.29, 1.82) is 5.26 Å². The third-order valence-electron chi connectivity index (χ3n) is 3.02. The topological polar surface area (TPSA) is 63.2 Å². The van der Waals surface area contributed by atoms with Crippen LogP contribution in [0.3, 0.4) is 0 Å². The lowest BCUT2D eigenvalue weighted by molar-refractivity contribution is 0.401. The lowest BCUT2D eigenvalue weighted by atomic mass is 10.0. The Morgan fingerprint density at radius 3 is 2.89 bits per heavy atom. The normalized spacial score (nSPS) is 14.0. The van der Waals surface area contributed by atoms with Gasteiger partial charge in [-0.3, -0.25) is 0 Å². The van der Waals surface area contributed by atoms with E-state index in [-0.39, 0.29) is 6.42 Å². The fourth-order valence-electron chi connectivity index (χ4n) is 2.06. The van der Waals surface area contributed by atoms with E-state index in [2.05, 4.69) is 0 Å². The van der Waals surface area contributed by atoms with Gasteiger partial charge in [0.15, 0.2) is 0 Å². The summed E-state index contributed by atoms with van der Waals surface area (Å²) in [5.74, 6) is 1.05. The van der Waals surface area contributed by atoms with E-state index in [1.807, 2.05) is 18.2 Å². The Hall–Kier alpha value is -2.54. The number of hydrogen-bond acceptors (Lipinski definition) is 4. The molecule has 0 radical (unpaired) electrons. The molecule has 0 atom stereocenters. The van der Waals surface area contributed by atoms with E-state index >= 15 is 0 Å². The minimum Gasteiger partial charge on any atom is -0.460 e. The number of nitriles is 1. The molecule has 1 aromatic heterocycles. The van der Waals surface area contributed by atoms with E-state index in [9.17, 15) is 4.79 Å². The first-order valence-electron chi connectivity index (χ1n) is 5.53. The number of rotatable bonds is 0. The van der Waals surface area contributed by atoms with Crippen LogP contribution in [-0.4, -0.2) is 0 Å². The average Bonchev–Trinajstić information content (AvgIpc) is 2.38. The predicted molar refractivity (Wildman–Crippen MR) is 65.1 cm³/mol. The standard InChI is InChI=1S/C14H9NO3/c1-8-9(7-15)6-11-13(17-8)10-4-2-3-5-12(10)18-14(11)16/h2-5H,6H2,1H3. The van der Waals surface area contributed by atoms with Crippen LogP contribution in [0.15, 0.2) is 44.8 Å². The monoisotopic (exact) mass is 239 g/mol. The molecule has 0 bridgehead atoms. The van der Waals surface area contributed by atoms with Crippen molar-refractivity contribution < 1.29 is 9.15 Å². The molecule has 1 aliphatic heterocycles. The second-order valence-electron chi connectivity index (χ2n) is 4.12. The van der Waals surface area contributed by atoms with E-state index in [1.165, 1.54) is 0 Å². The van der Waals surface area contributed by atoms with Gasteiger partial charge in [-0.05, 0) is 19.1 Å². The third-order valence-corrected chi connectivity index (χ3v) is 3.02. The fraction of sp³-hybridized carbons (Fsp3) is 0.143. The Kier molecular flexibility index (Phi) is 2.20.